The average molecular weight is 246 g/mol. The van der Waals surface area contributed by atoms with Gasteiger partial charge in [-0.3, -0.25) is 0 Å². The minimum atomic E-state index is 0.309. The summed E-state index contributed by atoms with van der Waals surface area (Å²) in [6.45, 7) is 6.08. The Morgan fingerprint density at radius 3 is 1.65 bits per heavy atom. The zero-order valence-electron chi connectivity index (χ0n) is 10.5. The van der Waals surface area contributed by atoms with Crippen LogP contribution in [-0.4, -0.2) is 5.11 Å². The first-order valence-electron chi connectivity index (χ1n) is 5.77. The average Bonchev–Trinajstić information content (AvgIpc) is 2.37. The van der Waals surface area contributed by atoms with E-state index in [1.807, 2.05) is 26.0 Å². The van der Waals surface area contributed by atoms with E-state index in [2.05, 4.69) is 31.2 Å². The molecule has 0 saturated heterocycles. The maximum atomic E-state index is 9.15. The predicted octanol–water partition coefficient (Wildman–Crippen LogP) is 4.88. The molecular weight excluding hydrogens is 228 g/mol. The van der Waals surface area contributed by atoms with Crippen LogP contribution in [0.3, 0.4) is 0 Å². The topological polar surface area (TPSA) is 20.2 Å². The third-order valence-corrected chi connectivity index (χ3v) is 3.11. The van der Waals surface area contributed by atoms with Gasteiger partial charge in [0.2, 0.25) is 0 Å². The minimum Gasteiger partial charge on any atom is -0.508 e. The van der Waals surface area contributed by atoms with Gasteiger partial charge in [0.05, 0.1) is 0 Å². The lowest BCUT2D eigenvalue weighted by atomic mass is 10.2. The van der Waals surface area contributed by atoms with E-state index in [1.165, 1.54) is 10.5 Å². The number of hydrogen-bond donors (Lipinski definition) is 1. The number of benzene rings is 2. The van der Waals surface area contributed by atoms with Crippen molar-refractivity contribution in [1.82, 2.24) is 0 Å². The molecule has 2 rings (SSSR count). The molecular formula is C15H18OS. The first kappa shape index (κ1) is 13.7. The van der Waals surface area contributed by atoms with Crippen LogP contribution in [0.1, 0.15) is 19.4 Å². The van der Waals surface area contributed by atoms with Gasteiger partial charge in [0.15, 0.2) is 0 Å². The molecule has 1 N–H and O–H groups in total. The van der Waals surface area contributed by atoms with E-state index in [9.17, 15) is 0 Å². The Hall–Kier alpha value is -1.41. The third kappa shape index (κ3) is 4.53. The van der Waals surface area contributed by atoms with E-state index in [4.69, 9.17) is 5.11 Å². The number of phenolic OH excluding ortho intramolecular Hbond substituents is 1. The van der Waals surface area contributed by atoms with Gasteiger partial charge in [-0.15, -0.1) is 0 Å². The van der Waals surface area contributed by atoms with Crippen LogP contribution in [0.4, 0.5) is 0 Å². The molecule has 0 atom stereocenters. The van der Waals surface area contributed by atoms with Crippen LogP contribution >= 0.6 is 11.8 Å². The summed E-state index contributed by atoms with van der Waals surface area (Å²) < 4.78 is 0. The van der Waals surface area contributed by atoms with E-state index in [0.29, 0.717) is 5.75 Å². The Labute approximate surface area is 108 Å². The van der Waals surface area contributed by atoms with Crippen molar-refractivity contribution in [1.29, 1.82) is 0 Å². The van der Waals surface area contributed by atoms with Crippen LogP contribution in [0.2, 0.25) is 0 Å². The van der Waals surface area contributed by atoms with Gasteiger partial charge < -0.3 is 5.11 Å². The molecule has 90 valence electrons. The fourth-order valence-corrected chi connectivity index (χ4v) is 2.07. The molecule has 0 heterocycles. The smallest absolute Gasteiger partial charge is 0.115 e. The molecule has 2 heteroatoms. The van der Waals surface area contributed by atoms with Crippen molar-refractivity contribution < 1.29 is 5.11 Å². The quantitative estimate of drug-likeness (QED) is 0.815. The maximum absolute atomic E-state index is 9.15. The molecule has 0 aliphatic carbocycles. The first-order chi connectivity index (χ1) is 8.24. The number of phenols is 1. The van der Waals surface area contributed by atoms with Crippen molar-refractivity contribution in [2.45, 2.75) is 30.6 Å². The van der Waals surface area contributed by atoms with Crippen LogP contribution in [0.15, 0.2) is 58.3 Å². The second-order valence-corrected chi connectivity index (χ2v) is 4.56. The van der Waals surface area contributed by atoms with E-state index in [0.717, 1.165) is 4.90 Å². The molecule has 0 aliphatic heterocycles. The molecule has 0 aliphatic rings. The molecule has 0 bridgehead atoms. The van der Waals surface area contributed by atoms with Crippen molar-refractivity contribution >= 4 is 11.8 Å². The largest absolute Gasteiger partial charge is 0.508 e. The zero-order chi connectivity index (χ0) is 12.7. The van der Waals surface area contributed by atoms with Crippen molar-refractivity contribution in [3.05, 3.63) is 54.1 Å². The molecule has 0 spiro atoms. The molecule has 0 unspecified atom stereocenters. The summed E-state index contributed by atoms with van der Waals surface area (Å²) in [5.74, 6) is 0.309. The van der Waals surface area contributed by atoms with Crippen LogP contribution < -0.4 is 0 Å². The molecule has 0 saturated carbocycles. The second kappa shape index (κ2) is 7.02. The standard InChI is InChI=1S/C13H12OS.C2H6/c1-10-2-6-12(7-3-10)15-13-8-4-11(14)5-9-13;1-2/h2-9,14H,1H3;1-2H3. The maximum Gasteiger partial charge on any atom is 0.115 e. The molecule has 0 fully saturated rings. The van der Waals surface area contributed by atoms with Crippen LogP contribution in [0.25, 0.3) is 0 Å². The SMILES string of the molecule is CC.Cc1ccc(Sc2ccc(O)cc2)cc1. The summed E-state index contributed by atoms with van der Waals surface area (Å²) in [7, 11) is 0. The first-order valence-corrected chi connectivity index (χ1v) is 6.59. The van der Waals surface area contributed by atoms with Crippen LogP contribution in [-0.2, 0) is 0 Å². The Morgan fingerprint density at radius 1 is 0.765 bits per heavy atom. The zero-order valence-corrected chi connectivity index (χ0v) is 11.3. The predicted molar refractivity (Wildman–Crippen MR) is 74.8 cm³/mol. The Balaban J connectivity index is 0.000000686. The molecule has 2 aromatic carbocycles. The highest BCUT2D eigenvalue weighted by Gasteiger charge is 1.96. The monoisotopic (exact) mass is 246 g/mol. The van der Waals surface area contributed by atoms with E-state index in [-0.39, 0.29) is 0 Å². The fourth-order valence-electron chi connectivity index (χ4n) is 1.26. The lowest BCUT2D eigenvalue weighted by molar-refractivity contribution is 0.475. The highest BCUT2D eigenvalue weighted by atomic mass is 32.2. The van der Waals surface area contributed by atoms with E-state index < -0.39 is 0 Å². The van der Waals surface area contributed by atoms with Gasteiger partial charge in [0, 0.05) is 9.79 Å². The van der Waals surface area contributed by atoms with Gasteiger partial charge in [0.1, 0.15) is 5.75 Å². The summed E-state index contributed by atoms with van der Waals surface area (Å²) in [6.07, 6.45) is 0. The molecule has 0 aromatic heterocycles. The van der Waals surface area contributed by atoms with Gasteiger partial charge in [-0.2, -0.15) is 0 Å². The number of rotatable bonds is 2. The Kier molecular flexibility index (Phi) is 5.64. The highest BCUT2D eigenvalue weighted by Crippen LogP contribution is 2.28. The van der Waals surface area contributed by atoms with Crippen molar-refractivity contribution in [2.24, 2.45) is 0 Å². The minimum absolute atomic E-state index is 0.309. The normalized spacial score (nSPS) is 9.35. The van der Waals surface area contributed by atoms with Gasteiger partial charge >= 0.3 is 0 Å². The molecule has 17 heavy (non-hydrogen) atoms. The van der Waals surface area contributed by atoms with Crippen molar-refractivity contribution in [2.75, 3.05) is 0 Å². The third-order valence-electron chi connectivity index (χ3n) is 2.09. The Bertz CT molecular complexity index is 388. The number of hydrogen-bond acceptors (Lipinski definition) is 2. The molecule has 1 nitrogen and oxygen atoms in total. The lowest BCUT2D eigenvalue weighted by Gasteiger charge is -2.02. The second-order valence-electron chi connectivity index (χ2n) is 3.41. The number of aryl methyl sites for hydroxylation is 1. The van der Waals surface area contributed by atoms with Gasteiger partial charge in [-0.05, 0) is 43.3 Å². The summed E-state index contributed by atoms with van der Waals surface area (Å²) in [6, 6.07) is 15.7. The molecule has 0 radical (unpaired) electrons. The van der Waals surface area contributed by atoms with Crippen molar-refractivity contribution in [3.63, 3.8) is 0 Å². The van der Waals surface area contributed by atoms with Crippen LogP contribution in [0.5, 0.6) is 5.75 Å². The van der Waals surface area contributed by atoms with E-state index >= 15 is 0 Å². The Morgan fingerprint density at radius 2 is 1.18 bits per heavy atom. The summed E-state index contributed by atoms with van der Waals surface area (Å²) in [5.41, 5.74) is 1.27. The van der Waals surface area contributed by atoms with Gasteiger partial charge in [-0.25, -0.2) is 0 Å². The molecule has 2 aromatic rings. The lowest BCUT2D eigenvalue weighted by Crippen LogP contribution is -1.74. The summed E-state index contributed by atoms with van der Waals surface area (Å²) in [5, 5.41) is 9.15. The van der Waals surface area contributed by atoms with Crippen LogP contribution in [0, 0.1) is 6.92 Å². The van der Waals surface area contributed by atoms with E-state index in [1.54, 1.807) is 23.9 Å². The summed E-state index contributed by atoms with van der Waals surface area (Å²) >= 11 is 1.69. The molecule has 0 amide bonds. The van der Waals surface area contributed by atoms with Gasteiger partial charge in [0.25, 0.3) is 0 Å². The van der Waals surface area contributed by atoms with Crippen molar-refractivity contribution in [3.8, 4) is 5.75 Å². The summed E-state index contributed by atoms with van der Waals surface area (Å²) in [4.78, 5) is 2.35. The van der Waals surface area contributed by atoms with Gasteiger partial charge in [-0.1, -0.05) is 43.3 Å². The number of aromatic hydroxyl groups is 1. The fraction of sp³-hybridized carbons (Fsp3) is 0.200. The highest BCUT2D eigenvalue weighted by molar-refractivity contribution is 7.99.